The fraction of sp³-hybridized carbons (Fsp3) is 0.294. The molecule has 0 saturated carbocycles. The molecule has 0 aromatic heterocycles. The van der Waals surface area contributed by atoms with E-state index in [2.05, 4.69) is 0 Å². The number of rotatable bonds is 4. The van der Waals surface area contributed by atoms with Crippen LogP contribution >= 0.6 is 0 Å². The molecule has 0 spiro atoms. The summed E-state index contributed by atoms with van der Waals surface area (Å²) in [4.78, 5) is -0.712. The first-order chi connectivity index (χ1) is 11.3. The van der Waals surface area contributed by atoms with Crippen LogP contribution in [0.5, 0.6) is 5.75 Å². The standard InChI is InChI=1S/C17H20O6S2/c1-12-5-10-16(24(18,19)20)15(11-12)23-25(21,22)14-8-6-13(7-9-14)17(2,3)4/h5-11H,1-4H3,(H,18,19,20). The maximum absolute atomic E-state index is 12.5. The Balaban J connectivity index is 2.45. The number of benzene rings is 2. The van der Waals surface area contributed by atoms with Gasteiger partial charge >= 0.3 is 10.1 Å². The molecule has 2 aromatic carbocycles. The van der Waals surface area contributed by atoms with Gasteiger partial charge in [-0.15, -0.1) is 0 Å². The van der Waals surface area contributed by atoms with Crippen molar-refractivity contribution in [2.45, 2.75) is 42.9 Å². The highest BCUT2D eigenvalue weighted by atomic mass is 32.2. The van der Waals surface area contributed by atoms with Crippen molar-refractivity contribution in [3.05, 3.63) is 53.6 Å². The predicted octanol–water partition coefficient (Wildman–Crippen LogP) is 3.31. The molecule has 8 heteroatoms. The first-order valence-electron chi connectivity index (χ1n) is 7.44. The van der Waals surface area contributed by atoms with Gasteiger partial charge in [-0.3, -0.25) is 4.55 Å². The van der Waals surface area contributed by atoms with E-state index in [-0.39, 0.29) is 10.3 Å². The molecular formula is C17H20O6S2. The van der Waals surface area contributed by atoms with Crippen molar-refractivity contribution in [2.75, 3.05) is 0 Å². The molecule has 2 rings (SSSR count). The topological polar surface area (TPSA) is 97.7 Å². The molecule has 0 aliphatic rings. The van der Waals surface area contributed by atoms with E-state index in [4.69, 9.17) is 4.18 Å². The van der Waals surface area contributed by atoms with Crippen molar-refractivity contribution in [3.63, 3.8) is 0 Å². The smallest absolute Gasteiger partial charge is 0.339 e. The lowest BCUT2D eigenvalue weighted by molar-refractivity contribution is 0.463. The van der Waals surface area contributed by atoms with Crippen LogP contribution in [0, 0.1) is 6.92 Å². The molecule has 2 aromatic rings. The summed E-state index contributed by atoms with van der Waals surface area (Å²) in [5, 5.41) is 0. The second-order valence-corrected chi connectivity index (χ2v) is 9.67. The highest BCUT2D eigenvalue weighted by Gasteiger charge is 2.24. The van der Waals surface area contributed by atoms with E-state index in [1.807, 2.05) is 20.8 Å². The molecule has 0 unspecified atom stereocenters. The van der Waals surface area contributed by atoms with Gasteiger partial charge in [0.25, 0.3) is 10.1 Å². The van der Waals surface area contributed by atoms with Crippen molar-refractivity contribution in [1.82, 2.24) is 0 Å². The van der Waals surface area contributed by atoms with E-state index < -0.39 is 30.9 Å². The van der Waals surface area contributed by atoms with Crippen molar-refractivity contribution >= 4 is 20.2 Å². The van der Waals surface area contributed by atoms with Crippen molar-refractivity contribution < 1.29 is 25.6 Å². The normalized spacial score (nSPS) is 12.8. The van der Waals surface area contributed by atoms with E-state index in [1.54, 1.807) is 19.1 Å². The lowest BCUT2D eigenvalue weighted by atomic mass is 9.87. The second-order valence-electron chi connectivity index (χ2n) is 6.74. The molecule has 0 saturated heterocycles. The van der Waals surface area contributed by atoms with E-state index in [9.17, 15) is 21.4 Å². The van der Waals surface area contributed by atoms with Gasteiger partial charge in [0, 0.05) is 0 Å². The highest BCUT2D eigenvalue weighted by Crippen LogP contribution is 2.29. The minimum absolute atomic E-state index is 0.108. The van der Waals surface area contributed by atoms with Crippen LogP contribution < -0.4 is 4.18 Å². The zero-order valence-electron chi connectivity index (χ0n) is 14.3. The molecule has 1 N–H and O–H groups in total. The molecule has 0 fully saturated rings. The Bertz CT molecular complexity index is 982. The van der Waals surface area contributed by atoms with Gasteiger partial charge in [-0.25, -0.2) is 0 Å². The molecule has 0 radical (unpaired) electrons. The fourth-order valence-corrected chi connectivity index (χ4v) is 3.77. The van der Waals surface area contributed by atoms with Gasteiger partial charge < -0.3 is 4.18 Å². The summed E-state index contributed by atoms with van der Waals surface area (Å²) in [6.45, 7) is 7.64. The molecule has 0 bridgehead atoms. The molecule has 0 heterocycles. The molecule has 0 aliphatic carbocycles. The van der Waals surface area contributed by atoms with E-state index in [0.717, 1.165) is 11.6 Å². The molecule has 0 amide bonds. The Kier molecular flexibility index (Phi) is 5.00. The molecule has 136 valence electrons. The van der Waals surface area contributed by atoms with Crippen LogP contribution in [-0.4, -0.2) is 21.4 Å². The van der Waals surface area contributed by atoms with Gasteiger partial charge in [-0.05, 0) is 47.7 Å². The minimum atomic E-state index is -4.62. The van der Waals surface area contributed by atoms with Gasteiger partial charge in [0.2, 0.25) is 0 Å². The van der Waals surface area contributed by atoms with E-state index >= 15 is 0 Å². The summed E-state index contributed by atoms with van der Waals surface area (Å²) < 4.78 is 62.0. The summed E-state index contributed by atoms with van der Waals surface area (Å²) in [7, 11) is -8.87. The van der Waals surface area contributed by atoms with Crippen molar-refractivity contribution in [3.8, 4) is 5.75 Å². The van der Waals surface area contributed by atoms with E-state index in [0.29, 0.717) is 5.56 Å². The number of aryl methyl sites for hydroxylation is 1. The lowest BCUT2D eigenvalue weighted by Gasteiger charge is -2.19. The zero-order chi connectivity index (χ0) is 19.0. The van der Waals surface area contributed by atoms with Crippen molar-refractivity contribution in [2.24, 2.45) is 0 Å². The van der Waals surface area contributed by atoms with Gasteiger partial charge in [0.05, 0.1) is 0 Å². The van der Waals surface area contributed by atoms with E-state index in [1.165, 1.54) is 24.3 Å². The lowest BCUT2D eigenvalue weighted by Crippen LogP contribution is -2.14. The van der Waals surface area contributed by atoms with Crippen LogP contribution in [0.1, 0.15) is 31.9 Å². The molecule has 25 heavy (non-hydrogen) atoms. The maximum Gasteiger partial charge on any atom is 0.339 e. The van der Waals surface area contributed by atoms with Crippen LogP contribution in [0.15, 0.2) is 52.3 Å². The third-order valence-electron chi connectivity index (χ3n) is 3.59. The quantitative estimate of drug-likeness (QED) is 0.641. The monoisotopic (exact) mass is 384 g/mol. The van der Waals surface area contributed by atoms with Gasteiger partial charge in [-0.1, -0.05) is 39.0 Å². The van der Waals surface area contributed by atoms with Gasteiger partial charge in [0.1, 0.15) is 9.79 Å². The second kappa shape index (κ2) is 6.44. The fourth-order valence-electron chi connectivity index (χ4n) is 2.18. The average Bonchev–Trinajstić information content (AvgIpc) is 2.44. The van der Waals surface area contributed by atoms with Crippen LogP contribution in [0.2, 0.25) is 0 Å². The maximum atomic E-state index is 12.5. The van der Waals surface area contributed by atoms with Crippen LogP contribution in [0.25, 0.3) is 0 Å². The summed E-state index contributed by atoms with van der Waals surface area (Å²) >= 11 is 0. The summed E-state index contributed by atoms with van der Waals surface area (Å²) in [5.41, 5.74) is 1.39. The Hall–Kier alpha value is -1.90. The molecular weight excluding hydrogens is 364 g/mol. The van der Waals surface area contributed by atoms with Crippen molar-refractivity contribution in [1.29, 1.82) is 0 Å². The third-order valence-corrected chi connectivity index (χ3v) is 5.73. The molecule has 6 nitrogen and oxygen atoms in total. The summed E-state index contributed by atoms with van der Waals surface area (Å²) in [5.74, 6) is -0.442. The largest absolute Gasteiger partial charge is 0.377 e. The summed E-state index contributed by atoms with van der Waals surface area (Å²) in [6, 6.07) is 9.92. The Morgan fingerprint density at radius 2 is 1.48 bits per heavy atom. The van der Waals surface area contributed by atoms with Gasteiger partial charge in [-0.2, -0.15) is 16.8 Å². The highest BCUT2D eigenvalue weighted by molar-refractivity contribution is 7.87. The van der Waals surface area contributed by atoms with Crippen LogP contribution in [-0.2, 0) is 25.7 Å². The first-order valence-corrected chi connectivity index (χ1v) is 10.3. The Morgan fingerprint density at radius 3 is 1.96 bits per heavy atom. The Morgan fingerprint density at radius 1 is 0.920 bits per heavy atom. The predicted molar refractivity (Wildman–Crippen MR) is 93.9 cm³/mol. The Labute approximate surface area is 148 Å². The average molecular weight is 384 g/mol. The van der Waals surface area contributed by atoms with Crippen LogP contribution in [0.4, 0.5) is 0 Å². The molecule has 0 aliphatic heterocycles. The minimum Gasteiger partial charge on any atom is -0.377 e. The summed E-state index contributed by atoms with van der Waals surface area (Å²) in [6.07, 6.45) is 0. The SMILES string of the molecule is Cc1ccc(S(=O)(=O)O)c(OS(=O)(=O)c2ccc(C(C)(C)C)cc2)c1. The molecule has 0 atom stereocenters. The van der Waals surface area contributed by atoms with Crippen LogP contribution in [0.3, 0.4) is 0 Å². The zero-order valence-corrected chi connectivity index (χ0v) is 16.0. The van der Waals surface area contributed by atoms with Gasteiger partial charge in [0.15, 0.2) is 5.75 Å². The number of hydrogen-bond donors (Lipinski definition) is 1. The number of hydrogen-bond acceptors (Lipinski definition) is 5. The third kappa shape index (κ3) is 4.59. The first kappa shape index (κ1) is 19.4.